The van der Waals surface area contributed by atoms with Gasteiger partial charge in [-0.3, -0.25) is 33.6 Å². The predicted octanol–water partition coefficient (Wildman–Crippen LogP) is 0.943. The van der Waals surface area contributed by atoms with E-state index in [4.69, 9.17) is 9.52 Å². The minimum atomic E-state index is -1.57. The number of nitrogens with one attached hydrogen (secondary N) is 5. The Morgan fingerprint density at radius 2 is 1.40 bits per heavy atom. The highest BCUT2D eigenvalue weighted by atomic mass is 16.4. The molecule has 5 amide bonds. The summed E-state index contributed by atoms with van der Waals surface area (Å²) in [6, 6.07) is 6.10. The molecule has 17 heteroatoms. The van der Waals surface area contributed by atoms with Crippen LogP contribution in [-0.4, -0.2) is 81.0 Å². The number of carbonyl (C=O) groups is 7. The minimum Gasteiger partial charge on any atom is -0.508 e. The quantitative estimate of drug-likeness (QED) is 0.0905. The summed E-state index contributed by atoms with van der Waals surface area (Å²) in [5.41, 5.74) is 1.07. The van der Waals surface area contributed by atoms with Crippen LogP contribution in [0.3, 0.4) is 0 Å². The van der Waals surface area contributed by atoms with E-state index in [1.54, 1.807) is 20.8 Å². The van der Waals surface area contributed by atoms with Crippen molar-refractivity contribution in [3.8, 4) is 5.75 Å². The molecule has 0 saturated carbocycles. The van der Waals surface area contributed by atoms with Crippen LogP contribution in [0.2, 0.25) is 0 Å². The van der Waals surface area contributed by atoms with Crippen LogP contribution in [0, 0.1) is 12.8 Å². The SMILES string of the molecule is Cc1cc(=O)oc2ccc(NC(=O)[C@H](CC(=O)O)NC(=O)[C@H](C)NC(=O)[C@@H](NC(=O)[C@H](Cc3ccc(O)cc3)NC(=O)CCC(=O)O)C(C)C)cc12. The molecule has 278 valence electrons. The molecule has 0 bridgehead atoms. The summed E-state index contributed by atoms with van der Waals surface area (Å²) in [6.45, 7) is 6.19. The molecule has 1 aromatic heterocycles. The molecule has 0 unspecified atom stereocenters. The van der Waals surface area contributed by atoms with Gasteiger partial charge in [-0.15, -0.1) is 0 Å². The van der Waals surface area contributed by atoms with Crippen LogP contribution in [0.4, 0.5) is 5.69 Å². The third-order valence-corrected chi connectivity index (χ3v) is 7.82. The van der Waals surface area contributed by atoms with Crippen LogP contribution in [0.25, 0.3) is 11.0 Å². The molecule has 0 fully saturated rings. The Balaban J connectivity index is 1.70. The number of fused-ring (bicyclic) bond motifs is 1. The van der Waals surface area contributed by atoms with Crippen molar-refractivity contribution in [2.45, 2.75) is 77.5 Å². The molecule has 0 aliphatic heterocycles. The zero-order chi connectivity index (χ0) is 38.7. The van der Waals surface area contributed by atoms with Gasteiger partial charge in [-0.2, -0.15) is 0 Å². The number of hydrogen-bond acceptors (Lipinski definition) is 10. The molecule has 8 N–H and O–H groups in total. The monoisotopic (exact) mass is 723 g/mol. The van der Waals surface area contributed by atoms with Gasteiger partial charge in [0.1, 0.15) is 35.5 Å². The number of amides is 5. The number of hydrogen-bond donors (Lipinski definition) is 8. The van der Waals surface area contributed by atoms with Crippen molar-refractivity contribution < 1.29 is 53.3 Å². The summed E-state index contributed by atoms with van der Waals surface area (Å²) in [5.74, 6) is -7.27. The van der Waals surface area contributed by atoms with Crippen molar-refractivity contribution in [1.82, 2.24) is 21.3 Å². The molecule has 0 aliphatic carbocycles. The fraction of sp³-hybridized carbons (Fsp3) is 0.371. The van der Waals surface area contributed by atoms with Crippen LogP contribution in [0.5, 0.6) is 5.75 Å². The summed E-state index contributed by atoms with van der Waals surface area (Å²) in [4.78, 5) is 99.7. The Hall–Kier alpha value is -6.26. The van der Waals surface area contributed by atoms with Crippen molar-refractivity contribution >= 4 is 58.1 Å². The van der Waals surface area contributed by atoms with Crippen molar-refractivity contribution in [2.24, 2.45) is 5.92 Å². The van der Waals surface area contributed by atoms with E-state index in [9.17, 15) is 48.6 Å². The Labute approximate surface area is 297 Å². The van der Waals surface area contributed by atoms with E-state index in [1.165, 1.54) is 55.5 Å². The highest BCUT2D eigenvalue weighted by Gasteiger charge is 2.32. The lowest BCUT2D eigenvalue weighted by Gasteiger charge is -2.27. The molecule has 2 aromatic carbocycles. The number of anilines is 1. The zero-order valence-electron chi connectivity index (χ0n) is 28.8. The van der Waals surface area contributed by atoms with E-state index in [-0.39, 0.29) is 23.4 Å². The Kier molecular flexibility index (Phi) is 14.0. The van der Waals surface area contributed by atoms with Crippen LogP contribution in [-0.2, 0) is 40.0 Å². The second-order valence-corrected chi connectivity index (χ2v) is 12.5. The number of carboxylic acid groups (broad SMARTS) is 2. The molecular formula is C35H41N5O12. The summed E-state index contributed by atoms with van der Waals surface area (Å²) >= 11 is 0. The minimum absolute atomic E-state index is 0.0304. The first kappa shape index (κ1) is 40.2. The van der Waals surface area contributed by atoms with Gasteiger partial charge in [0.15, 0.2) is 0 Å². The number of carboxylic acids is 2. The lowest BCUT2D eigenvalue weighted by atomic mass is 10.0. The van der Waals surface area contributed by atoms with Gasteiger partial charge in [0.25, 0.3) is 0 Å². The second-order valence-electron chi connectivity index (χ2n) is 12.5. The van der Waals surface area contributed by atoms with Crippen LogP contribution in [0.15, 0.2) is 57.7 Å². The molecule has 52 heavy (non-hydrogen) atoms. The van der Waals surface area contributed by atoms with E-state index in [0.717, 1.165) is 0 Å². The molecule has 0 radical (unpaired) electrons. The molecule has 4 atom stereocenters. The van der Waals surface area contributed by atoms with Crippen LogP contribution < -0.4 is 32.2 Å². The number of aryl methyl sites for hydroxylation is 1. The van der Waals surface area contributed by atoms with Gasteiger partial charge in [-0.1, -0.05) is 26.0 Å². The highest BCUT2D eigenvalue weighted by Crippen LogP contribution is 2.21. The smallest absolute Gasteiger partial charge is 0.336 e. The number of phenols is 1. The summed E-state index contributed by atoms with van der Waals surface area (Å²) in [6.07, 6.45) is -1.75. The number of benzene rings is 2. The summed E-state index contributed by atoms with van der Waals surface area (Å²) < 4.78 is 5.13. The largest absolute Gasteiger partial charge is 0.508 e. The third kappa shape index (κ3) is 12.0. The molecular weight excluding hydrogens is 682 g/mol. The first-order valence-corrected chi connectivity index (χ1v) is 16.2. The number of carbonyl (C=O) groups excluding carboxylic acids is 5. The highest BCUT2D eigenvalue weighted by molar-refractivity contribution is 6.01. The fourth-order valence-electron chi connectivity index (χ4n) is 5.03. The topological polar surface area (TPSA) is 271 Å². The molecule has 17 nitrogen and oxygen atoms in total. The molecule has 3 aromatic rings. The van der Waals surface area contributed by atoms with Crippen LogP contribution >= 0.6 is 0 Å². The molecule has 0 spiro atoms. The number of phenolic OH excluding ortho intramolecular Hbond substituents is 1. The van der Waals surface area contributed by atoms with Crippen molar-refractivity contribution in [1.29, 1.82) is 0 Å². The molecule has 1 heterocycles. The van der Waals surface area contributed by atoms with Gasteiger partial charge in [0.2, 0.25) is 29.5 Å². The van der Waals surface area contributed by atoms with E-state index < -0.39 is 96.4 Å². The van der Waals surface area contributed by atoms with Gasteiger partial charge >= 0.3 is 17.6 Å². The zero-order valence-corrected chi connectivity index (χ0v) is 28.8. The summed E-state index contributed by atoms with van der Waals surface area (Å²) in [5, 5.41) is 40.8. The number of aromatic hydroxyl groups is 1. The van der Waals surface area contributed by atoms with Crippen molar-refractivity contribution in [3.63, 3.8) is 0 Å². The van der Waals surface area contributed by atoms with E-state index in [1.807, 2.05) is 0 Å². The molecule has 0 saturated heterocycles. The van der Waals surface area contributed by atoms with Gasteiger partial charge in [0.05, 0.1) is 12.8 Å². The first-order valence-electron chi connectivity index (χ1n) is 16.2. The van der Waals surface area contributed by atoms with Crippen LogP contribution in [0.1, 0.15) is 51.2 Å². The average Bonchev–Trinajstić information content (AvgIpc) is 3.06. The van der Waals surface area contributed by atoms with Gasteiger partial charge in [-0.25, -0.2) is 4.79 Å². The first-order chi connectivity index (χ1) is 24.4. The maximum absolute atomic E-state index is 13.4. The molecule has 0 aliphatic rings. The maximum atomic E-state index is 13.4. The van der Waals surface area contributed by atoms with Gasteiger partial charge in [-0.05, 0) is 61.2 Å². The number of rotatable bonds is 17. The average molecular weight is 724 g/mol. The number of aliphatic carboxylic acids is 2. The Morgan fingerprint density at radius 3 is 2.02 bits per heavy atom. The third-order valence-electron chi connectivity index (χ3n) is 7.82. The Bertz CT molecular complexity index is 1890. The lowest BCUT2D eigenvalue weighted by Crippen LogP contribution is -2.59. The maximum Gasteiger partial charge on any atom is 0.336 e. The van der Waals surface area contributed by atoms with Crippen molar-refractivity contribution in [2.75, 3.05) is 5.32 Å². The van der Waals surface area contributed by atoms with E-state index in [0.29, 0.717) is 16.5 Å². The van der Waals surface area contributed by atoms with Gasteiger partial charge < -0.3 is 46.3 Å². The predicted molar refractivity (Wildman–Crippen MR) is 185 cm³/mol. The Morgan fingerprint density at radius 1 is 0.731 bits per heavy atom. The molecule has 3 rings (SSSR count). The standard InChI is InChI=1S/C35H41N5O12/c1-17(2)31(40-34(50)24(38-27(42)11-12-28(43)44)14-20-5-8-22(41)9-6-20)35(51)36-19(4)32(48)39-25(16-29(45)46)33(49)37-21-7-10-26-23(15-21)18(3)13-30(47)52-26/h5-10,13,15,17,19,24-25,31,41H,11-12,14,16H2,1-4H3,(H,36,51)(H,37,49)(H,38,42)(H,39,48)(H,40,50)(H,43,44)(H,45,46)/t19-,24-,25-,31-/m0/s1. The lowest BCUT2D eigenvalue weighted by molar-refractivity contribution is -0.140. The van der Waals surface area contributed by atoms with Crippen molar-refractivity contribution in [3.05, 3.63) is 70.1 Å². The fourth-order valence-corrected chi connectivity index (χ4v) is 5.03. The van der Waals surface area contributed by atoms with E-state index in [2.05, 4.69) is 26.6 Å². The van der Waals surface area contributed by atoms with Gasteiger partial charge in [0, 0.05) is 30.0 Å². The van der Waals surface area contributed by atoms with E-state index >= 15 is 0 Å². The second kappa shape index (κ2) is 18.1. The summed E-state index contributed by atoms with van der Waals surface area (Å²) in [7, 11) is 0. The normalized spacial score (nSPS) is 13.2.